The van der Waals surface area contributed by atoms with E-state index in [2.05, 4.69) is 31.7 Å². The van der Waals surface area contributed by atoms with E-state index in [1.807, 2.05) is 66.4 Å². The zero-order valence-electron chi connectivity index (χ0n) is 21.2. The van der Waals surface area contributed by atoms with Crippen molar-refractivity contribution in [2.75, 3.05) is 6.54 Å². The second-order valence-corrected chi connectivity index (χ2v) is 9.73. The number of amides is 1. The Labute approximate surface area is 214 Å². The molecular formula is C32H34N2O2. The number of allylic oxidation sites excluding steroid dienone is 1. The van der Waals surface area contributed by atoms with Crippen LogP contribution in [0.2, 0.25) is 0 Å². The van der Waals surface area contributed by atoms with Crippen LogP contribution in [0.5, 0.6) is 0 Å². The van der Waals surface area contributed by atoms with Gasteiger partial charge in [0, 0.05) is 12.5 Å². The number of carbonyl (C=O) groups excluding carboxylic acids is 1. The molecule has 1 saturated heterocycles. The van der Waals surface area contributed by atoms with Crippen LogP contribution in [0.25, 0.3) is 11.1 Å². The number of aliphatic hydroxyl groups is 1. The number of nitriles is 1. The van der Waals surface area contributed by atoms with Gasteiger partial charge < -0.3 is 10.0 Å². The van der Waals surface area contributed by atoms with Crippen molar-refractivity contribution in [2.45, 2.75) is 51.7 Å². The molecule has 1 N–H and O–H groups in total. The quantitative estimate of drug-likeness (QED) is 0.367. The van der Waals surface area contributed by atoms with Gasteiger partial charge >= 0.3 is 0 Å². The van der Waals surface area contributed by atoms with Gasteiger partial charge in [-0.05, 0) is 85.0 Å². The number of hydrogen-bond acceptors (Lipinski definition) is 3. The van der Waals surface area contributed by atoms with E-state index in [-0.39, 0.29) is 17.9 Å². The maximum absolute atomic E-state index is 13.3. The lowest BCUT2D eigenvalue weighted by atomic mass is 9.88. The monoisotopic (exact) mass is 478 g/mol. The lowest BCUT2D eigenvalue weighted by molar-refractivity contribution is -0.133. The predicted octanol–water partition coefficient (Wildman–Crippen LogP) is 6.30. The molecule has 1 heterocycles. The summed E-state index contributed by atoms with van der Waals surface area (Å²) in [4.78, 5) is 15.2. The molecule has 1 fully saturated rings. The Bertz CT molecular complexity index is 1260. The Morgan fingerprint density at radius 1 is 1.08 bits per heavy atom. The van der Waals surface area contributed by atoms with Crippen molar-refractivity contribution in [1.82, 2.24) is 4.90 Å². The fourth-order valence-electron chi connectivity index (χ4n) is 5.40. The molecule has 3 aromatic carbocycles. The van der Waals surface area contributed by atoms with E-state index in [9.17, 15) is 9.90 Å². The van der Waals surface area contributed by atoms with Gasteiger partial charge in [0.15, 0.2) is 0 Å². The third-order valence-corrected chi connectivity index (χ3v) is 7.55. The summed E-state index contributed by atoms with van der Waals surface area (Å²) in [6.45, 7) is 8.57. The van der Waals surface area contributed by atoms with E-state index < -0.39 is 6.10 Å². The molecule has 1 unspecified atom stereocenters. The first-order valence-corrected chi connectivity index (χ1v) is 12.7. The molecular weight excluding hydrogens is 444 g/mol. The molecule has 1 amide bonds. The Morgan fingerprint density at radius 2 is 1.81 bits per heavy atom. The summed E-state index contributed by atoms with van der Waals surface area (Å²) in [6.07, 6.45) is 4.07. The first kappa shape index (κ1) is 25.4. The molecule has 4 heteroatoms. The number of aryl methyl sites for hydroxylation is 1. The minimum Gasteiger partial charge on any atom is -0.386 e. The van der Waals surface area contributed by atoms with Crippen molar-refractivity contribution in [3.8, 4) is 17.2 Å². The number of benzene rings is 3. The second kappa shape index (κ2) is 11.4. The fourth-order valence-corrected chi connectivity index (χ4v) is 5.40. The summed E-state index contributed by atoms with van der Waals surface area (Å²) in [6, 6.07) is 23.8. The normalized spacial score (nSPS) is 18.2. The van der Waals surface area contributed by atoms with Crippen molar-refractivity contribution in [3.63, 3.8) is 0 Å². The Morgan fingerprint density at radius 3 is 2.47 bits per heavy atom. The minimum atomic E-state index is -0.755. The highest BCUT2D eigenvalue weighted by atomic mass is 16.3. The van der Waals surface area contributed by atoms with Crippen LogP contribution in [0, 0.1) is 31.1 Å². The molecule has 0 spiro atoms. The van der Waals surface area contributed by atoms with Crippen LogP contribution in [0.4, 0.5) is 0 Å². The summed E-state index contributed by atoms with van der Waals surface area (Å²) < 4.78 is 0. The fraction of sp³-hybridized carbons (Fsp3) is 0.312. The minimum absolute atomic E-state index is 0.121. The highest BCUT2D eigenvalue weighted by molar-refractivity contribution is 5.82. The molecule has 0 radical (unpaired) electrons. The van der Waals surface area contributed by atoms with Crippen LogP contribution in [0.15, 0.2) is 79.4 Å². The molecule has 0 bridgehead atoms. The van der Waals surface area contributed by atoms with Gasteiger partial charge in [0.2, 0.25) is 5.91 Å². The average molecular weight is 479 g/mol. The van der Waals surface area contributed by atoms with Crippen LogP contribution >= 0.6 is 0 Å². The number of likely N-dealkylation sites (tertiary alicyclic amines) is 1. The molecule has 0 saturated carbocycles. The van der Waals surface area contributed by atoms with Crippen molar-refractivity contribution < 1.29 is 9.90 Å². The molecule has 1 aliphatic rings. The van der Waals surface area contributed by atoms with Crippen LogP contribution in [-0.4, -0.2) is 28.5 Å². The maximum atomic E-state index is 13.3. The molecule has 0 aliphatic carbocycles. The third-order valence-electron chi connectivity index (χ3n) is 7.55. The number of rotatable bonds is 9. The Balaban J connectivity index is 1.56. The number of carbonyl (C=O) groups is 1. The number of aliphatic hydroxyl groups excluding tert-OH is 1. The third kappa shape index (κ3) is 5.27. The van der Waals surface area contributed by atoms with Crippen molar-refractivity contribution >= 4 is 5.91 Å². The van der Waals surface area contributed by atoms with Crippen LogP contribution in [-0.2, 0) is 11.2 Å². The van der Waals surface area contributed by atoms with E-state index in [0.717, 1.165) is 40.7 Å². The summed E-state index contributed by atoms with van der Waals surface area (Å²) in [5, 5.41) is 20.7. The van der Waals surface area contributed by atoms with Gasteiger partial charge in [-0.2, -0.15) is 5.26 Å². The zero-order valence-corrected chi connectivity index (χ0v) is 21.2. The lowest BCUT2D eigenvalue weighted by Gasteiger charge is -2.30. The summed E-state index contributed by atoms with van der Waals surface area (Å²) in [7, 11) is 0. The van der Waals surface area contributed by atoms with Crippen molar-refractivity contribution in [1.29, 1.82) is 5.26 Å². The highest BCUT2D eigenvalue weighted by Crippen LogP contribution is 2.38. The second-order valence-electron chi connectivity index (χ2n) is 9.73. The predicted molar refractivity (Wildman–Crippen MR) is 144 cm³/mol. The van der Waals surface area contributed by atoms with Gasteiger partial charge in [-0.25, -0.2) is 0 Å². The van der Waals surface area contributed by atoms with Gasteiger partial charge in [-0.1, -0.05) is 60.7 Å². The van der Waals surface area contributed by atoms with Gasteiger partial charge in [0.25, 0.3) is 0 Å². The van der Waals surface area contributed by atoms with Gasteiger partial charge in [0.05, 0.1) is 23.8 Å². The Hall–Kier alpha value is -3.68. The number of nitrogens with zero attached hydrogens (tertiary/aromatic N) is 2. The van der Waals surface area contributed by atoms with Crippen molar-refractivity contribution in [3.05, 3.63) is 107 Å². The summed E-state index contributed by atoms with van der Waals surface area (Å²) in [5.74, 6) is -0.00575. The van der Waals surface area contributed by atoms with E-state index in [1.54, 1.807) is 6.08 Å². The van der Waals surface area contributed by atoms with E-state index in [4.69, 9.17) is 5.26 Å². The molecule has 4 rings (SSSR count). The topological polar surface area (TPSA) is 64.3 Å². The van der Waals surface area contributed by atoms with Crippen LogP contribution in [0.1, 0.15) is 53.2 Å². The maximum Gasteiger partial charge on any atom is 0.226 e. The largest absolute Gasteiger partial charge is 0.386 e. The standard InChI is InChI=1S/C32H34N2O2/c1-4-9-27-20-30(34(32(27)36)19-8-12-24-10-6-5-7-11-24)31(35)29-18-17-28(22(2)23(29)3)26-15-13-25(21-33)14-16-26/h4-7,10-11,13-18,27,30-31,35H,1,8-9,12,19-20H2,2-3H3/t27-,30+,31?/m1/s1. The van der Waals surface area contributed by atoms with Gasteiger partial charge in [-0.15, -0.1) is 6.58 Å². The Kier molecular flexibility index (Phi) is 8.03. The molecule has 36 heavy (non-hydrogen) atoms. The van der Waals surface area contributed by atoms with Crippen molar-refractivity contribution in [2.24, 2.45) is 5.92 Å². The molecule has 4 nitrogen and oxygen atoms in total. The number of hydrogen-bond donors (Lipinski definition) is 1. The first-order valence-electron chi connectivity index (χ1n) is 12.7. The van der Waals surface area contributed by atoms with Gasteiger partial charge in [-0.3, -0.25) is 4.79 Å². The zero-order chi connectivity index (χ0) is 25.7. The first-order chi connectivity index (χ1) is 17.4. The average Bonchev–Trinajstić information content (AvgIpc) is 3.21. The smallest absolute Gasteiger partial charge is 0.226 e. The molecule has 3 aromatic rings. The highest BCUT2D eigenvalue weighted by Gasteiger charge is 2.42. The molecule has 3 atom stereocenters. The van der Waals surface area contributed by atoms with Gasteiger partial charge in [0.1, 0.15) is 0 Å². The van der Waals surface area contributed by atoms with Crippen LogP contribution in [0.3, 0.4) is 0 Å². The summed E-state index contributed by atoms with van der Waals surface area (Å²) in [5.41, 5.74) is 7.02. The lowest BCUT2D eigenvalue weighted by Crippen LogP contribution is -2.38. The van der Waals surface area contributed by atoms with Crippen LogP contribution < -0.4 is 0 Å². The molecule has 0 aromatic heterocycles. The summed E-state index contributed by atoms with van der Waals surface area (Å²) >= 11 is 0. The SMILES string of the molecule is C=CC[C@@H]1C[C@@H](C(O)c2ccc(-c3ccc(C#N)cc3)c(C)c2C)N(CCCc2ccccc2)C1=O. The molecule has 184 valence electrons. The van der Waals surface area contributed by atoms with E-state index in [0.29, 0.717) is 24.9 Å². The molecule has 1 aliphatic heterocycles. The van der Waals surface area contributed by atoms with E-state index in [1.165, 1.54) is 5.56 Å². The van der Waals surface area contributed by atoms with E-state index >= 15 is 0 Å².